The van der Waals surface area contributed by atoms with Gasteiger partial charge in [0.05, 0.1) is 16.6 Å². The van der Waals surface area contributed by atoms with E-state index in [0.29, 0.717) is 6.42 Å². The highest BCUT2D eigenvalue weighted by Gasteiger charge is 2.23. The first-order valence-corrected chi connectivity index (χ1v) is 11.6. The second kappa shape index (κ2) is 8.13. The van der Waals surface area contributed by atoms with Gasteiger partial charge in [-0.3, -0.25) is 4.79 Å². The first-order chi connectivity index (χ1) is 13.5. The number of rotatable bonds is 4. The molecule has 0 unspecified atom stereocenters. The second-order valence-electron chi connectivity index (χ2n) is 7.27. The largest absolute Gasteiger partial charge is 0.345 e. The van der Waals surface area contributed by atoms with Gasteiger partial charge in [0, 0.05) is 31.1 Å². The van der Waals surface area contributed by atoms with Crippen LogP contribution in [0.4, 0.5) is 5.13 Å². The fourth-order valence-corrected chi connectivity index (χ4v) is 5.23. The molecule has 28 heavy (non-hydrogen) atoms. The monoisotopic (exact) mass is 411 g/mol. The lowest BCUT2D eigenvalue weighted by Gasteiger charge is -2.34. The van der Waals surface area contributed by atoms with Gasteiger partial charge in [-0.1, -0.05) is 35.6 Å². The predicted molar refractivity (Wildman–Crippen MR) is 120 cm³/mol. The van der Waals surface area contributed by atoms with Crippen molar-refractivity contribution in [2.45, 2.75) is 25.2 Å². The van der Waals surface area contributed by atoms with Crippen molar-refractivity contribution in [3.8, 4) is 0 Å². The lowest BCUT2D eigenvalue weighted by molar-refractivity contribution is -0.130. The number of anilines is 1. The number of nitrogens with zero attached hydrogens (tertiary/aromatic N) is 3. The van der Waals surface area contributed by atoms with Gasteiger partial charge in [0.2, 0.25) is 5.91 Å². The summed E-state index contributed by atoms with van der Waals surface area (Å²) in [5, 5.41) is 1.07. The number of aromatic nitrogens is 1. The molecule has 1 aliphatic heterocycles. The number of carbonyl (C=O) groups is 1. The van der Waals surface area contributed by atoms with E-state index in [-0.39, 0.29) is 5.91 Å². The van der Waals surface area contributed by atoms with Crippen LogP contribution in [0.25, 0.3) is 10.2 Å². The standard InChI is InChI=1S/C22H25N3OS2/c1-15-7-8-17(13-16(15)2)14-20(26)24-9-11-25(12-10-24)22-23-21-18(27-3)5-4-6-19(21)28-22/h4-8,13H,9-12,14H2,1-3H3. The minimum Gasteiger partial charge on any atom is -0.345 e. The molecule has 1 saturated heterocycles. The van der Waals surface area contributed by atoms with Gasteiger partial charge < -0.3 is 9.80 Å². The molecule has 146 valence electrons. The zero-order valence-corrected chi connectivity index (χ0v) is 18.2. The van der Waals surface area contributed by atoms with Gasteiger partial charge in [-0.05, 0) is 48.9 Å². The van der Waals surface area contributed by atoms with Crippen molar-refractivity contribution in [3.63, 3.8) is 0 Å². The molecule has 1 aliphatic rings. The van der Waals surface area contributed by atoms with Crippen LogP contribution in [-0.4, -0.2) is 48.2 Å². The van der Waals surface area contributed by atoms with E-state index in [1.165, 1.54) is 20.7 Å². The summed E-state index contributed by atoms with van der Waals surface area (Å²) in [6, 6.07) is 12.7. The third-order valence-electron chi connectivity index (χ3n) is 5.42. The van der Waals surface area contributed by atoms with E-state index in [1.54, 1.807) is 23.1 Å². The van der Waals surface area contributed by atoms with Crippen LogP contribution in [-0.2, 0) is 11.2 Å². The van der Waals surface area contributed by atoms with E-state index in [0.717, 1.165) is 42.4 Å². The van der Waals surface area contributed by atoms with Crippen LogP contribution in [0.3, 0.4) is 0 Å². The van der Waals surface area contributed by atoms with Gasteiger partial charge in [0.25, 0.3) is 0 Å². The summed E-state index contributed by atoms with van der Waals surface area (Å²) >= 11 is 3.48. The molecule has 0 aliphatic carbocycles. The van der Waals surface area contributed by atoms with E-state index in [4.69, 9.17) is 4.98 Å². The van der Waals surface area contributed by atoms with Crippen LogP contribution in [0.5, 0.6) is 0 Å². The number of thioether (sulfide) groups is 1. The summed E-state index contributed by atoms with van der Waals surface area (Å²) in [5.74, 6) is 0.219. The highest BCUT2D eigenvalue weighted by Crippen LogP contribution is 2.34. The van der Waals surface area contributed by atoms with Crippen molar-refractivity contribution in [2.24, 2.45) is 0 Å². The maximum atomic E-state index is 12.7. The van der Waals surface area contributed by atoms with Gasteiger partial charge in [0.1, 0.15) is 0 Å². The Morgan fingerprint density at radius 2 is 1.89 bits per heavy atom. The van der Waals surface area contributed by atoms with Crippen LogP contribution >= 0.6 is 23.1 Å². The van der Waals surface area contributed by atoms with E-state index in [9.17, 15) is 4.79 Å². The number of fused-ring (bicyclic) bond motifs is 1. The van der Waals surface area contributed by atoms with Crippen LogP contribution in [0.2, 0.25) is 0 Å². The number of hydrogen-bond acceptors (Lipinski definition) is 5. The highest BCUT2D eigenvalue weighted by molar-refractivity contribution is 7.98. The fourth-order valence-electron chi connectivity index (χ4n) is 3.56. The molecule has 0 N–H and O–H groups in total. The topological polar surface area (TPSA) is 36.4 Å². The maximum absolute atomic E-state index is 12.7. The van der Waals surface area contributed by atoms with Gasteiger partial charge in [-0.2, -0.15) is 0 Å². The number of thiazole rings is 1. The molecule has 3 aromatic rings. The Morgan fingerprint density at radius 3 is 2.61 bits per heavy atom. The molecule has 0 bridgehead atoms. The maximum Gasteiger partial charge on any atom is 0.227 e. The molecule has 1 fully saturated rings. The molecular weight excluding hydrogens is 386 g/mol. The third kappa shape index (κ3) is 3.89. The van der Waals surface area contributed by atoms with Gasteiger partial charge in [-0.15, -0.1) is 11.8 Å². The van der Waals surface area contributed by atoms with Crippen LogP contribution in [0.1, 0.15) is 16.7 Å². The molecule has 2 aromatic carbocycles. The molecule has 1 amide bonds. The van der Waals surface area contributed by atoms with Crippen LogP contribution < -0.4 is 4.90 Å². The normalized spacial score (nSPS) is 14.7. The lowest BCUT2D eigenvalue weighted by Crippen LogP contribution is -2.49. The molecule has 1 aromatic heterocycles. The third-order valence-corrected chi connectivity index (χ3v) is 7.27. The summed E-state index contributed by atoms with van der Waals surface area (Å²) in [6.45, 7) is 7.40. The molecule has 0 spiro atoms. The van der Waals surface area contributed by atoms with Crippen molar-refractivity contribution in [2.75, 3.05) is 37.3 Å². The number of aryl methyl sites for hydroxylation is 2. The minimum atomic E-state index is 0.219. The Bertz CT molecular complexity index is 1010. The Morgan fingerprint density at radius 1 is 1.11 bits per heavy atom. The minimum absolute atomic E-state index is 0.219. The van der Waals surface area contributed by atoms with E-state index < -0.39 is 0 Å². The second-order valence-corrected chi connectivity index (χ2v) is 9.12. The molecule has 0 saturated carbocycles. The number of para-hydroxylation sites is 1. The lowest BCUT2D eigenvalue weighted by atomic mass is 10.0. The van der Waals surface area contributed by atoms with Gasteiger partial charge in [0.15, 0.2) is 5.13 Å². The summed E-state index contributed by atoms with van der Waals surface area (Å²) in [5.41, 5.74) is 4.72. The molecular formula is C22H25N3OS2. The number of hydrogen-bond donors (Lipinski definition) is 0. The van der Waals surface area contributed by atoms with Crippen LogP contribution in [0, 0.1) is 13.8 Å². The summed E-state index contributed by atoms with van der Waals surface area (Å²) in [7, 11) is 0. The Hall–Kier alpha value is -2.05. The van der Waals surface area contributed by atoms with Crippen molar-refractivity contribution in [1.29, 1.82) is 0 Å². The van der Waals surface area contributed by atoms with Crippen LogP contribution in [0.15, 0.2) is 41.3 Å². The Labute approximate surface area is 174 Å². The molecule has 0 radical (unpaired) electrons. The number of benzene rings is 2. The highest BCUT2D eigenvalue weighted by atomic mass is 32.2. The quantitative estimate of drug-likeness (QED) is 0.591. The average molecular weight is 412 g/mol. The van der Waals surface area contributed by atoms with E-state index in [2.05, 4.69) is 61.4 Å². The smallest absolute Gasteiger partial charge is 0.227 e. The van der Waals surface area contributed by atoms with Crippen molar-refractivity contribution >= 4 is 44.4 Å². The van der Waals surface area contributed by atoms with Crippen molar-refractivity contribution in [1.82, 2.24) is 9.88 Å². The van der Waals surface area contributed by atoms with Gasteiger partial charge >= 0.3 is 0 Å². The van der Waals surface area contributed by atoms with Crippen molar-refractivity contribution in [3.05, 3.63) is 53.1 Å². The fraction of sp³-hybridized carbons (Fsp3) is 0.364. The molecule has 2 heterocycles. The number of carbonyl (C=O) groups excluding carboxylic acids is 1. The summed E-state index contributed by atoms with van der Waals surface area (Å²) < 4.78 is 1.23. The zero-order chi connectivity index (χ0) is 19.7. The number of piperazine rings is 1. The van der Waals surface area contributed by atoms with Gasteiger partial charge in [-0.25, -0.2) is 4.98 Å². The predicted octanol–water partition coefficient (Wildman–Crippen LogP) is 4.53. The summed E-state index contributed by atoms with van der Waals surface area (Å²) in [4.78, 5) is 23.1. The zero-order valence-electron chi connectivity index (χ0n) is 16.6. The van der Waals surface area contributed by atoms with E-state index in [1.807, 2.05) is 4.90 Å². The van der Waals surface area contributed by atoms with Crippen molar-refractivity contribution < 1.29 is 4.79 Å². The molecule has 0 atom stereocenters. The molecule has 4 rings (SSSR count). The Kier molecular flexibility index (Phi) is 5.60. The molecule has 6 heteroatoms. The first kappa shape index (κ1) is 19.3. The summed E-state index contributed by atoms with van der Waals surface area (Å²) in [6.07, 6.45) is 2.58. The molecule has 4 nitrogen and oxygen atoms in total. The Balaban J connectivity index is 1.40. The van der Waals surface area contributed by atoms with E-state index >= 15 is 0 Å². The average Bonchev–Trinajstić information content (AvgIpc) is 3.15. The number of amides is 1. The first-order valence-electron chi connectivity index (χ1n) is 9.57. The SMILES string of the molecule is CSc1cccc2sc(N3CCN(C(=O)Cc4ccc(C)c(C)c4)CC3)nc12.